The molecule has 3 heterocycles. The van der Waals surface area contributed by atoms with E-state index in [4.69, 9.17) is 10.5 Å². The quantitative estimate of drug-likeness (QED) is 0.218. The van der Waals surface area contributed by atoms with E-state index in [0.717, 1.165) is 16.3 Å². The molecule has 0 saturated carbocycles. The lowest BCUT2D eigenvalue weighted by Gasteiger charge is -2.26. The molecule has 184 valence electrons. The van der Waals surface area contributed by atoms with Crippen molar-refractivity contribution in [3.63, 3.8) is 0 Å². The summed E-state index contributed by atoms with van der Waals surface area (Å²) >= 11 is 0. The molecule has 5 rings (SSSR count). The van der Waals surface area contributed by atoms with E-state index in [1.807, 2.05) is 54.6 Å². The molecule has 3 aromatic heterocycles. The number of rotatable bonds is 11. The monoisotopic (exact) mass is 489 g/mol. The largest absolute Gasteiger partial charge is 0.348 e. The second-order valence-corrected chi connectivity index (χ2v) is 8.57. The van der Waals surface area contributed by atoms with E-state index in [1.165, 1.54) is 0 Å². The Labute approximate surface area is 224 Å². The molecule has 0 bridgehead atoms. The molecular weight excluding hydrogens is 454 g/mol. The van der Waals surface area contributed by atoms with Gasteiger partial charge in [0.05, 0.1) is 22.6 Å². The van der Waals surface area contributed by atoms with Crippen LogP contribution in [0.5, 0.6) is 0 Å². The van der Waals surface area contributed by atoms with Crippen LogP contribution in [0.4, 0.5) is 5.82 Å². The highest BCUT2D eigenvalue weighted by atomic mass is 15.2. The molecule has 0 aliphatic rings. The predicted molar refractivity (Wildman–Crippen MR) is 148 cm³/mol. The molecule has 0 saturated heterocycles. The number of aromatic nitrogens is 3. The van der Waals surface area contributed by atoms with Crippen LogP contribution in [0.1, 0.15) is 33.7 Å². The molecule has 0 aliphatic heterocycles. The van der Waals surface area contributed by atoms with Crippen molar-refractivity contribution >= 4 is 5.82 Å². The highest BCUT2D eigenvalue weighted by Crippen LogP contribution is 2.20. The number of benzene rings is 2. The highest BCUT2D eigenvalue weighted by Gasteiger charge is 2.14. The number of nitrogens with zero attached hydrogens (tertiary/aromatic N) is 5. The molecule has 0 N–H and O–H groups in total. The average molecular weight is 490 g/mol. The SMILES string of the molecule is [2H]C([2H])(c1ccccc1)N(c1cccc(CN(Cc2ccccn2)Cc2ccccn2)n1)C([2H])([2H])c1ccccc1. The van der Waals surface area contributed by atoms with Gasteiger partial charge in [-0.05, 0) is 47.5 Å². The molecule has 0 aliphatic carbocycles. The first kappa shape index (κ1) is 19.8. The van der Waals surface area contributed by atoms with Crippen molar-refractivity contribution in [3.8, 4) is 0 Å². The Morgan fingerprint density at radius 3 is 1.51 bits per heavy atom. The lowest BCUT2D eigenvalue weighted by Crippen LogP contribution is -2.26. The van der Waals surface area contributed by atoms with Gasteiger partial charge in [0, 0.05) is 45.0 Å². The van der Waals surface area contributed by atoms with Gasteiger partial charge in [0.1, 0.15) is 5.82 Å². The number of anilines is 1. The molecule has 5 aromatic rings. The highest BCUT2D eigenvalue weighted by molar-refractivity contribution is 5.42. The van der Waals surface area contributed by atoms with Crippen LogP contribution in [0, 0.1) is 0 Å². The summed E-state index contributed by atoms with van der Waals surface area (Å²) < 4.78 is 36.6. The van der Waals surface area contributed by atoms with E-state index >= 15 is 0 Å². The summed E-state index contributed by atoms with van der Waals surface area (Å²) in [6, 6.07) is 34.2. The van der Waals surface area contributed by atoms with Crippen molar-refractivity contribution in [2.45, 2.75) is 32.6 Å². The third-order valence-electron chi connectivity index (χ3n) is 5.66. The van der Waals surface area contributed by atoms with Crippen molar-refractivity contribution in [3.05, 3.63) is 156 Å². The first-order valence-electron chi connectivity index (χ1n) is 14.2. The molecule has 2 aromatic carbocycles. The number of pyridine rings is 3. The number of hydrogen-bond donors (Lipinski definition) is 0. The topological polar surface area (TPSA) is 45.2 Å². The van der Waals surface area contributed by atoms with Gasteiger partial charge in [-0.3, -0.25) is 14.9 Å². The first-order valence-corrected chi connectivity index (χ1v) is 12.2. The Morgan fingerprint density at radius 2 is 1.00 bits per heavy atom. The fourth-order valence-corrected chi connectivity index (χ4v) is 3.94. The zero-order chi connectivity index (χ0) is 28.7. The van der Waals surface area contributed by atoms with Crippen LogP contribution < -0.4 is 4.90 Å². The lowest BCUT2D eigenvalue weighted by atomic mass is 10.1. The Kier molecular flexibility index (Phi) is 6.72. The van der Waals surface area contributed by atoms with Crippen LogP contribution in [0.15, 0.2) is 128 Å². The third-order valence-corrected chi connectivity index (χ3v) is 5.66. The van der Waals surface area contributed by atoms with Crippen LogP contribution in [0.3, 0.4) is 0 Å². The van der Waals surface area contributed by atoms with Gasteiger partial charge in [0.25, 0.3) is 0 Å². The Hall–Kier alpha value is -4.35. The Morgan fingerprint density at radius 1 is 0.514 bits per heavy atom. The standard InChI is InChI=1S/C32H31N5/c1-3-12-27(13-4-1)22-37(23-28-14-5-2-6-15-28)32-19-11-18-31(35-32)26-36(24-29-16-7-9-20-33-29)25-30-17-8-10-21-34-30/h1-21H,22-26H2/i22D2,23D2. The van der Waals surface area contributed by atoms with Gasteiger partial charge in [-0.2, -0.15) is 0 Å². The summed E-state index contributed by atoms with van der Waals surface area (Å²) in [5, 5.41) is 0. The maximum absolute atomic E-state index is 9.16. The second kappa shape index (κ2) is 12.6. The zero-order valence-corrected chi connectivity index (χ0v) is 20.5. The van der Waals surface area contributed by atoms with E-state index in [9.17, 15) is 0 Å². The minimum atomic E-state index is -2.21. The van der Waals surface area contributed by atoms with Gasteiger partial charge in [-0.15, -0.1) is 0 Å². The summed E-state index contributed by atoms with van der Waals surface area (Å²) in [5.41, 5.74) is 3.15. The minimum Gasteiger partial charge on any atom is -0.348 e. The smallest absolute Gasteiger partial charge is 0.129 e. The van der Waals surface area contributed by atoms with Gasteiger partial charge in [-0.25, -0.2) is 4.98 Å². The van der Waals surface area contributed by atoms with E-state index in [2.05, 4.69) is 14.9 Å². The molecule has 0 amide bonds. The van der Waals surface area contributed by atoms with Crippen molar-refractivity contribution in [2.24, 2.45) is 0 Å². The summed E-state index contributed by atoms with van der Waals surface area (Å²) in [6.45, 7) is -2.88. The fourth-order valence-electron chi connectivity index (χ4n) is 3.94. The molecule has 5 nitrogen and oxygen atoms in total. The zero-order valence-electron chi connectivity index (χ0n) is 24.5. The second-order valence-electron chi connectivity index (χ2n) is 8.57. The minimum absolute atomic E-state index is 0.195. The molecule has 0 unspecified atom stereocenters. The van der Waals surface area contributed by atoms with E-state index in [1.54, 1.807) is 73.1 Å². The average Bonchev–Trinajstić information content (AvgIpc) is 2.99. The van der Waals surface area contributed by atoms with Crippen LogP contribution >= 0.6 is 0 Å². The molecule has 0 spiro atoms. The fraction of sp³-hybridized carbons (Fsp3) is 0.156. The summed E-state index contributed by atoms with van der Waals surface area (Å²) in [7, 11) is 0. The molecule has 0 radical (unpaired) electrons. The van der Waals surface area contributed by atoms with Crippen molar-refractivity contribution in [1.82, 2.24) is 19.9 Å². The Balaban J connectivity index is 1.53. The maximum Gasteiger partial charge on any atom is 0.129 e. The van der Waals surface area contributed by atoms with E-state index in [-0.39, 0.29) is 5.82 Å². The summed E-state index contributed by atoms with van der Waals surface area (Å²) in [4.78, 5) is 17.1. The van der Waals surface area contributed by atoms with Crippen LogP contribution in [0.2, 0.25) is 0 Å². The maximum atomic E-state index is 9.16. The van der Waals surface area contributed by atoms with Crippen molar-refractivity contribution < 1.29 is 5.48 Å². The van der Waals surface area contributed by atoms with Gasteiger partial charge in [0.15, 0.2) is 0 Å². The predicted octanol–water partition coefficient (Wildman–Crippen LogP) is 6.28. The van der Waals surface area contributed by atoms with E-state index < -0.39 is 13.0 Å². The molecule has 0 atom stereocenters. The van der Waals surface area contributed by atoms with Crippen LogP contribution in [-0.4, -0.2) is 19.9 Å². The van der Waals surface area contributed by atoms with Crippen molar-refractivity contribution in [1.29, 1.82) is 0 Å². The van der Waals surface area contributed by atoms with Gasteiger partial charge in [0.2, 0.25) is 0 Å². The molecule has 5 heteroatoms. The molecule has 37 heavy (non-hydrogen) atoms. The third kappa shape index (κ3) is 7.32. The summed E-state index contributed by atoms with van der Waals surface area (Å²) in [5.74, 6) is 0.195. The molecular formula is C32H31N5. The van der Waals surface area contributed by atoms with Crippen LogP contribution in [-0.2, 0) is 32.6 Å². The summed E-state index contributed by atoms with van der Waals surface area (Å²) in [6.07, 6.45) is 3.53. The van der Waals surface area contributed by atoms with Gasteiger partial charge >= 0.3 is 0 Å². The van der Waals surface area contributed by atoms with Gasteiger partial charge in [-0.1, -0.05) is 78.9 Å². The first-order chi connectivity index (χ1) is 19.8. The van der Waals surface area contributed by atoms with Gasteiger partial charge < -0.3 is 4.90 Å². The van der Waals surface area contributed by atoms with E-state index in [0.29, 0.717) is 36.5 Å². The normalized spacial score (nSPS) is 13.3. The van der Waals surface area contributed by atoms with Crippen LogP contribution in [0.25, 0.3) is 0 Å². The number of hydrogen-bond acceptors (Lipinski definition) is 5. The van der Waals surface area contributed by atoms with Crippen molar-refractivity contribution in [2.75, 3.05) is 4.90 Å². The Bertz CT molecular complexity index is 1430. The molecule has 0 fully saturated rings. The lowest BCUT2D eigenvalue weighted by molar-refractivity contribution is 0.239.